The van der Waals surface area contributed by atoms with Crippen molar-refractivity contribution < 1.29 is 9.47 Å². The van der Waals surface area contributed by atoms with Crippen molar-refractivity contribution in [2.75, 3.05) is 13.2 Å². The average Bonchev–Trinajstić information content (AvgIpc) is 1.87. The van der Waals surface area contributed by atoms with Gasteiger partial charge in [-0.1, -0.05) is 25.3 Å². The van der Waals surface area contributed by atoms with E-state index in [4.69, 9.17) is 0 Å². The molecule has 0 aromatic carbocycles. The Kier molecular flexibility index (Phi) is 22.9. The van der Waals surface area contributed by atoms with Gasteiger partial charge in [0.25, 0.3) is 0 Å². The van der Waals surface area contributed by atoms with Crippen LogP contribution in [0.25, 0.3) is 0 Å². The highest BCUT2D eigenvalue weighted by molar-refractivity contribution is 8.10. The minimum atomic E-state index is 0. The molecular formula is C6H14O2S5. The van der Waals surface area contributed by atoms with Crippen LogP contribution < -0.4 is 0 Å². The summed E-state index contributed by atoms with van der Waals surface area (Å²) in [5.41, 5.74) is 0. The molecule has 0 aliphatic carbocycles. The molecule has 80 valence electrons. The number of ether oxygens (including phenoxy) is 2. The largest absolute Gasteiger partial charge is 0.479 e. The molecule has 0 radical (unpaired) electrons. The molecule has 0 fully saturated rings. The fraction of sp³-hybridized carbons (Fsp3) is 0.667. The predicted molar refractivity (Wildman–Crippen MR) is 76.8 cm³/mol. The van der Waals surface area contributed by atoms with Crippen molar-refractivity contribution >= 4 is 72.0 Å². The van der Waals surface area contributed by atoms with Crippen molar-refractivity contribution in [3.8, 4) is 0 Å². The molecule has 0 atom stereocenters. The van der Waals surface area contributed by atoms with Gasteiger partial charge in [-0.05, 0) is 38.3 Å². The van der Waals surface area contributed by atoms with Gasteiger partial charge in [0, 0.05) is 0 Å². The number of hydrogen-bond donors (Lipinski definition) is 2. The molecule has 0 aromatic heterocycles. The van der Waals surface area contributed by atoms with Crippen LogP contribution in [0.1, 0.15) is 13.8 Å². The van der Waals surface area contributed by atoms with E-state index in [1.165, 1.54) is 0 Å². The van der Waals surface area contributed by atoms with E-state index in [9.17, 15) is 0 Å². The predicted octanol–water partition coefficient (Wildman–Crippen LogP) is 2.59. The Hall–Kier alpha value is 0.830. The first-order valence-electron chi connectivity index (χ1n) is 3.26. The van der Waals surface area contributed by atoms with E-state index >= 15 is 0 Å². The Morgan fingerprint density at radius 2 is 1.23 bits per heavy atom. The molecule has 0 spiro atoms. The average molecular weight is 279 g/mol. The van der Waals surface area contributed by atoms with Crippen molar-refractivity contribution in [3.05, 3.63) is 0 Å². The summed E-state index contributed by atoms with van der Waals surface area (Å²) >= 11 is 16.2. The molecule has 0 saturated carbocycles. The lowest BCUT2D eigenvalue weighted by molar-refractivity contribution is 0.346. The third kappa shape index (κ3) is 32.3. The molecule has 0 amide bonds. The highest BCUT2D eigenvalue weighted by Crippen LogP contribution is 1.84. The number of hydrogen-bond acceptors (Lipinski definition) is 4. The van der Waals surface area contributed by atoms with Gasteiger partial charge in [-0.25, -0.2) is 0 Å². The fourth-order valence-electron chi connectivity index (χ4n) is 0.247. The number of thiol groups is 2. The highest BCUT2D eigenvalue weighted by Gasteiger charge is 1.78. The maximum Gasteiger partial charge on any atom is 0.216 e. The Balaban J connectivity index is -0.000000143. The van der Waals surface area contributed by atoms with Crippen molar-refractivity contribution in [2.24, 2.45) is 0 Å². The second kappa shape index (κ2) is 15.3. The quantitative estimate of drug-likeness (QED) is 0.597. The van der Waals surface area contributed by atoms with Crippen LogP contribution in [-0.4, -0.2) is 22.0 Å². The van der Waals surface area contributed by atoms with E-state index in [0.717, 1.165) is 0 Å². The Labute approximate surface area is 108 Å². The van der Waals surface area contributed by atoms with Crippen molar-refractivity contribution in [1.82, 2.24) is 0 Å². The van der Waals surface area contributed by atoms with Crippen LogP contribution >= 0.6 is 63.2 Å². The second-order valence-corrected chi connectivity index (χ2v) is 3.56. The topological polar surface area (TPSA) is 18.5 Å². The van der Waals surface area contributed by atoms with Gasteiger partial charge >= 0.3 is 0 Å². The van der Waals surface area contributed by atoms with Gasteiger partial charge in [-0.3, -0.25) is 0 Å². The van der Waals surface area contributed by atoms with Gasteiger partial charge in [0.05, 0.1) is 13.2 Å². The van der Waals surface area contributed by atoms with E-state index in [1.54, 1.807) is 0 Å². The summed E-state index contributed by atoms with van der Waals surface area (Å²) in [7, 11) is 0. The van der Waals surface area contributed by atoms with Crippen molar-refractivity contribution in [3.63, 3.8) is 0 Å². The molecule has 0 saturated heterocycles. The SMILES string of the molecule is CCOC(=S)S.CCOC(=S)S.S. The summed E-state index contributed by atoms with van der Waals surface area (Å²) < 4.78 is 9.91. The van der Waals surface area contributed by atoms with Crippen molar-refractivity contribution in [1.29, 1.82) is 0 Å². The molecule has 0 heterocycles. The molecule has 0 bridgehead atoms. The lowest BCUT2D eigenvalue weighted by atomic mass is 10.9. The number of thiocarbonyl (C=S) groups is 2. The highest BCUT2D eigenvalue weighted by atomic mass is 32.1. The molecule has 0 unspecified atom stereocenters. The molecular weight excluding hydrogens is 264 g/mol. The van der Waals surface area contributed by atoms with E-state index < -0.39 is 0 Å². The lowest BCUT2D eigenvalue weighted by Crippen LogP contribution is -1.89. The maximum absolute atomic E-state index is 4.64. The maximum atomic E-state index is 4.64. The normalized spacial score (nSPS) is 7.08. The molecule has 2 nitrogen and oxygen atoms in total. The van der Waals surface area contributed by atoms with Gasteiger partial charge in [0.2, 0.25) is 8.77 Å². The number of rotatable bonds is 2. The van der Waals surface area contributed by atoms with Gasteiger partial charge in [-0.15, -0.1) is 0 Å². The van der Waals surface area contributed by atoms with E-state index in [1.807, 2.05) is 13.8 Å². The third-order valence-corrected chi connectivity index (χ3v) is 1.03. The molecule has 0 aliphatic heterocycles. The standard InChI is InChI=1S/2C3H6OS2.H2S/c2*1-2-4-3(5)6;/h2*2H2,1H3,(H,5,6);1H2. The van der Waals surface area contributed by atoms with Gasteiger partial charge in [-0.2, -0.15) is 13.5 Å². The Bertz CT molecular complexity index is 123. The first-order valence-corrected chi connectivity index (χ1v) is 4.97. The fourth-order valence-corrected chi connectivity index (χ4v) is 0.741. The summed E-state index contributed by atoms with van der Waals surface area (Å²) in [4.78, 5) is 0. The van der Waals surface area contributed by atoms with Gasteiger partial charge < -0.3 is 9.47 Å². The zero-order chi connectivity index (χ0) is 9.98. The molecule has 0 N–H and O–H groups in total. The van der Waals surface area contributed by atoms with Crippen LogP contribution in [-0.2, 0) is 9.47 Å². The summed E-state index contributed by atoms with van der Waals surface area (Å²) in [5.74, 6) is 0. The summed E-state index contributed by atoms with van der Waals surface area (Å²) in [5, 5.41) is 0. The zero-order valence-electron chi connectivity index (χ0n) is 7.44. The minimum Gasteiger partial charge on any atom is -0.479 e. The third-order valence-electron chi connectivity index (χ3n) is 0.536. The van der Waals surface area contributed by atoms with Gasteiger partial charge in [0.15, 0.2) is 0 Å². The molecule has 13 heavy (non-hydrogen) atoms. The van der Waals surface area contributed by atoms with Crippen LogP contribution in [0.2, 0.25) is 0 Å². The Morgan fingerprint density at radius 3 is 1.23 bits per heavy atom. The summed E-state index contributed by atoms with van der Waals surface area (Å²) in [6.07, 6.45) is 0. The molecule has 0 aromatic rings. The van der Waals surface area contributed by atoms with Crippen LogP contribution in [0, 0.1) is 0 Å². The van der Waals surface area contributed by atoms with E-state index in [2.05, 4.69) is 59.2 Å². The van der Waals surface area contributed by atoms with Crippen molar-refractivity contribution in [2.45, 2.75) is 13.8 Å². The minimum absolute atomic E-state index is 0. The lowest BCUT2D eigenvalue weighted by Gasteiger charge is -1.92. The molecule has 0 rings (SSSR count). The van der Waals surface area contributed by atoms with E-state index in [-0.39, 0.29) is 13.5 Å². The zero-order valence-corrected chi connectivity index (χ0v) is 11.9. The summed E-state index contributed by atoms with van der Waals surface area (Å²) in [6, 6.07) is 0. The first kappa shape index (κ1) is 19.4. The van der Waals surface area contributed by atoms with Crippen LogP contribution in [0.5, 0.6) is 0 Å². The first-order chi connectivity index (χ1) is 5.54. The summed E-state index contributed by atoms with van der Waals surface area (Å²) in [6.45, 7) is 4.95. The second-order valence-electron chi connectivity index (χ2n) is 1.40. The smallest absolute Gasteiger partial charge is 0.216 e. The van der Waals surface area contributed by atoms with E-state index in [0.29, 0.717) is 22.0 Å². The molecule has 0 aliphatic rings. The monoisotopic (exact) mass is 278 g/mol. The molecule has 7 heteroatoms. The Morgan fingerprint density at radius 1 is 1.00 bits per heavy atom. The van der Waals surface area contributed by atoms with Crippen LogP contribution in [0.3, 0.4) is 0 Å². The van der Waals surface area contributed by atoms with Crippen LogP contribution in [0.4, 0.5) is 0 Å². The van der Waals surface area contributed by atoms with Crippen LogP contribution in [0.15, 0.2) is 0 Å². The van der Waals surface area contributed by atoms with Gasteiger partial charge in [0.1, 0.15) is 0 Å².